The first kappa shape index (κ1) is 17.4. The van der Waals surface area contributed by atoms with Crippen LogP contribution in [-0.4, -0.2) is 36.8 Å². The second kappa shape index (κ2) is 7.62. The number of hydrogen-bond acceptors (Lipinski definition) is 4. The Balaban J connectivity index is 1.69. The largest absolute Gasteiger partial charge is 0.504 e. The molecule has 0 aromatic heterocycles. The lowest BCUT2D eigenvalue weighted by Crippen LogP contribution is -2.37. The molecule has 1 N–H and O–H groups in total. The quantitative estimate of drug-likeness (QED) is 0.875. The topological polar surface area (TPSA) is 41.9 Å². The van der Waals surface area contributed by atoms with E-state index in [1.54, 1.807) is 25.3 Å². The fraction of sp³-hybridized carbons (Fsp3) is 0.333. The number of ether oxygens (including phenoxy) is 2. The summed E-state index contributed by atoms with van der Waals surface area (Å²) in [5.41, 5.74) is 2.05. The van der Waals surface area contributed by atoms with E-state index < -0.39 is 0 Å². The van der Waals surface area contributed by atoms with Crippen molar-refractivity contribution in [3.8, 4) is 11.5 Å². The van der Waals surface area contributed by atoms with E-state index in [2.05, 4.69) is 4.90 Å². The van der Waals surface area contributed by atoms with Crippen molar-refractivity contribution in [2.75, 3.05) is 26.8 Å². The number of nitrogens with zero attached hydrogens (tertiary/aromatic N) is 1. The Bertz CT molecular complexity index is 723. The number of rotatable bonds is 4. The smallest absolute Gasteiger partial charge is 0.160 e. The molecule has 1 heterocycles. The molecule has 0 bridgehead atoms. The van der Waals surface area contributed by atoms with E-state index in [0.717, 1.165) is 30.8 Å². The molecular weight excluding hydrogens is 349 g/mol. The number of phenols is 1. The molecule has 0 amide bonds. The van der Waals surface area contributed by atoms with Crippen molar-refractivity contribution < 1.29 is 14.6 Å². The van der Waals surface area contributed by atoms with Crippen molar-refractivity contribution in [2.24, 2.45) is 0 Å². The van der Waals surface area contributed by atoms with E-state index >= 15 is 0 Å². The predicted molar refractivity (Wildman–Crippen MR) is 95.1 cm³/mol. The molecule has 1 fully saturated rings. The lowest BCUT2D eigenvalue weighted by atomic mass is 10.1. The van der Waals surface area contributed by atoms with Gasteiger partial charge in [-0.2, -0.15) is 0 Å². The Labute approximate surface area is 151 Å². The maximum Gasteiger partial charge on any atom is 0.160 e. The Kier molecular flexibility index (Phi) is 5.51. The molecule has 1 aliphatic heterocycles. The second-order valence-corrected chi connectivity index (χ2v) is 6.59. The van der Waals surface area contributed by atoms with Crippen LogP contribution in [0, 0.1) is 0 Å². The zero-order chi connectivity index (χ0) is 17.1. The summed E-state index contributed by atoms with van der Waals surface area (Å²) in [7, 11) is 1.54. The third-order valence-electron chi connectivity index (χ3n) is 4.12. The van der Waals surface area contributed by atoms with E-state index in [1.165, 1.54) is 0 Å². The third-order valence-corrected chi connectivity index (χ3v) is 4.85. The Morgan fingerprint density at radius 2 is 2.04 bits per heavy atom. The zero-order valence-corrected chi connectivity index (χ0v) is 14.8. The molecule has 0 aliphatic carbocycles. The molecule has 1 saturated heterocycles. The van der Waals surface area contributed by atoms with Crippen molar-refractivity contribution in [1.82, 2.24) is 4.90 Å². The fourth-order valence-electron chi connectivity index (χ4n) is 2.85. The molecular formula is C18H19Cl2NO3. The van der Waals surface area contributed by atoms with Gasteiger partial charge in [0.05, 0.1) is 29.9 Å². The highest BCUT2D eigenvalue weighted by Crippen LogP contribution is 2.30. The number of phenolic OH excluding ortho intramolecular Hbond substituents is 1. The molecule has 0 spiro atoms. The van der Waals surface area contributed by atoms with Gasteiger partial charge in [0.2, 0.25) is 0 Å². The maximum atomic E-state index is 9.91. The Morgan fingerprint density at radius 3 is 2.75 bits per heavy atom. The molecule has 4 nitrogen and oxygen atoms in total. The first-order chi connectivity index (χ1) is 11.6. The molecule has 6 heteroatoms. The lowest BCUT2D eigenvalue weighted by Gasteiger charge is -2.33. The van der Waals surface area contributed by atoms with Crippen LogP contribution in [0.5, 0.6) is 11.5 Å². The molecule has 0 unspecified atom stereocenters. The van der Waals surface area contributed by atoms with E-state index in [-0.39, 0.29) is 11.9 Å². The van der Waals surface area contributed by atoms with Crippen molar-refractivity contribution in [3.63, 3.8) is 0 Å². The van der Waals surface area contributed by atoms with Gasteiger partial charge in [0.1, 0.15) is 0 Å². The van der Waals surface area contributed by atoms with Crippen LogP contribution in [0.4, 0.5) is 0 Å². The number of methoxy groups -OCH3 is 1. The SMILES string of the molecule is COc1ccc(CN2CCO[C@H](c3ccc(Cl)c(Cl)c3)C2)cc1O. The molecule has 1 aliphatic rings. The molecule has 128 valence electrons. The van der Waals surface area contributed by atoms with Gasteiger partial charge in [-0.1, -0.05) is 35.3 Å². The first-order valence-corrected chi connectivity index (χ1v) is 8.47. The number of halogens is 2. The van der Waals surface area contributed by atoms with E-state index in [0.29, 0.717) is 22.4 Å². The predicted octanol–water partition coefficient (Wildman–Crippen LogP) is 4.28. The summed E-state index contributed by atoms with van der Waals surface area (Å²) < 4.78 is 11.0. The summed E-state index contributed by atoms with van der Waals surface area (Å²) in [5, 5.41) is 11.0. The van der Waals surface area contributed by atoms with Crippen LogP contribution in [-0.2, 0) is 11.3 Å². The summed E-state index contributed by atoms with van der Waals surface area (Å²) in [6.07, 6.45) is -0.0413. The van der Waals surface area contributed by atoms with Gasteiger partial charge < -0.3 is 14.6 Å². The van der Waals surface area contributed by atoms with Gasteiger partial charge in [0, 0.05) is 19.6 Å². The van der Waals surface area contributed by atoms with Crippen LogP contribution in [0.1, 0.15) is 17.2 Å². The first-order valence-electron chi connectivity index (χ1n) is 7.71. The Hall–Kier alpha value is -1.46. The van der Waals surface area contributed by atoms with Crippen molar-refractivity contribution in [3.05, 3.63) is 57.6 Å². The second-order valence-electron chi connectivity index (χ2n) is 5.77. The molecule has 24 heavy (non-hydrogen) atoms. The van der Waals surface area contributed by atoms with Gasteiger partial charge in [-0.25, -0.2) is 0 Å². The van der Waals surface area contributed by atoms with Gasteiger partial charge >= 0.3 is 0 Å². The van der Waals surface area contributed by atoms with E-state index in [9.17, 15) is 5.11 Å². The van der Waals surface area contributed by atoms with Crippen LogP contribution in [0.15, 0.2) is 36.4 Å². The van der Waals surface area contributed by atoms with Crippen molar-refractivity contribution >= 4 is 23.2 Å². The van der Waals surface area contributed by atoms with Gasteiger partial charge in [0.25, 0.3) is 0 Å². The van der Waals surface area contributed by atoms with Crippen LogP contribution in [0.25, 0.3) is 0 Å². The summed E-state index contributed by atoms with van der Waals surface area (Å²) in [5.74, 6) is 0.638. The summed E-state index contributed by atoms with van der Waals surface area (Å²) in [6.45, 7) is 2.97. The molecule has 2 aromatic carbocycles. The number of benzene rings is 2. The standard InChI is InChI=1S/C18H19Cl2NO3/c1-23-17-5-2-12(8-16(17)22)10-21-6-7-24-18(11-21)13-3-4-14(19)15(20)9-13/h2-5,8-9,18,22H,6-7,10-11H2,1H3/t18-/m0/s1. The van der Waals surface area contributed by atoms with Crippen molar-refractivity contribution in [2.45, 2.75) is 12.6 Å². The van der Waals surface area contributed by atoms with Gasteiger partial charge in [-0.05, 0) is 35.4 Å². The molecule has 0 radical (unpaired) electrons. The minimum Gasteiger partial charge on any atom is -0.504 e. The van der Waals surface area contributed by atoms with Gasteiger partial charge in [0.15, 0.2) is 11.5 Å². The van der Waals surface area contributed by atoms with Gasteiger partial charge in [-0.15, -0.1) is 0 Å². The summed E-state index contributed by atoms with van der Waals surface area (Å²) in [6, 6.07) is 11.1. The molecule has 0 saturated carbocycles. The summed E-state index contributed by atoms with van der Waals surface area (Å²) >= 11 is 12.1. The zero-order valence-electron chi connectivity index (χ0n) is 13.3. The van der Waals surface area contributed by atoms with E-state index in [4.69, 9.17) is 32.7 Å². The highest BCUT2D eigenvalue weighted by molar-refractivity contribution is 6.42. The highest BCUT2D eigenvalue weighted by atomic mass is 35.5. The minimum atomic E-state index is -0.0413. The Morgan fingerprint density at radius 1 is 1.21 bits per heavy atom. The molecule has 3 rings (SSSR count). The van der Waals surface area contributed by atoms with Crippen LogP contribution in [0.2, 0.25) is 10.0 Å². The maximum absolute atomic E-state index is 9.91. The number of morpholine rings is 1. The summed E-state index contributed by atoms with van der Waals surface area (Å²) in [4.78, 5) is 2.29. The van der Waals surface area contributed by atoms with Crippen LogP contribution < -0.4 is 4.74 Å². The van der Waals surface area contributed by atoms with Crippen molar-refractivity contribution in [1.29, 1.82) is 0 Å². The highest BCUT2D eigenvalue weighted by Gasteiger charge is 2.22. The number of aromatic hydroxyl groups is 1. The van der Waals surface area contributed by atoms with Gasteiger partial charge in [-0.3, -0.25) is 4.90 Å². The average molecular weight is 368 g/mol. The minimum absolute atomic E-state index is 0.0413. The number of hydrogen-bond donors (Lipinski definition) is 1. The van der Waals surface area contributed by atoms with Crippen LogP contribution >= 0.6 is 23.2 Å². The normalized spacial score (nSPS) is 18.5. The average Bonchev–Trinajstić information content (AvgIpc) is 2.58. The van der Waals surface area contributed by atoms with Crippen LogP contribution in [0.3, 0.4) is 0 Å². The van der Waals surface area contributed by atoms with E-state index in [1.807, 2.05) is 18.2 Å². The molecule has 1 atom stereocenters. The fourth-order valence-corrected chi connectivity index (χ4v) is 3.16. The lowest BCUT2D eigenvalue weighted by molar-refractivity contribution is -0.0329. The monoisotopic (exact) mass is 367 g/mol. The molecule has 2 aromatic rings. The third kappa shape index (κ3) is 3.95.